The molecule has 2 amide bonds. The van der Waals surface area contributed by atoms with Gasteiger partial charge in [-0.25, -0.2) is 9.59 Å². The molecule has 0 aromatic heterocycles. The number of amides is 2. The van der Waals surface area contributed by atoms with Crippen LogP contribution in [0.5, 0.6) is 0 Å². The molecule has 0 heterocycles. The zero-order valence-electron chi connectivity index (χ0n) is 15.4. The van der Waals surface area contributed by atoms with Crippen LogP contribution in [0.15, 0.2) is 42.5 Å². The van der Waals surface area contributed by atoms with Gasteiger partial charge < -0.3 is 15.4 Å². The molecular formula is C20H23ClN2O3. The van der Waals surface area contributed by atoms with Gasteiger partial charge in [0.05, 0.1) is 23.4 Å². The van der Waals surface area contributed by atoms with Crippen LogP contribution < -0.4 is 10.6 Å². The molecule has 2 aromatic carbocycles. The molecule has 0 radical (unpaired) electrons. The topological polar surface area (TPSA) is 67.4 Å². The first-order chi connectivity index (χ1) is 12.2. The highest BCUT2D eigenvalue weighted by Crippen LogP contribution is 2.24. The summed E-state index contributed by atoms with van der Waals surface area (Å²) in [5.41, 5.74) is 2.75. The molecule has 0 saturated carbocycles. The first kappa shape index (κ1) is 19.8. The molecule has 0 aliphatic heterocycles. The lowest BCUT2D eigenvalue weighted by atomic mass is 9.84. The van der Waals surface area contributed by atoms with E-state index in [0.29, 0.717) is 22.8 Å². The lowest BCUT2D eigenvalue weighted by molar-refractivity contribution is 0.0600. The Morgan fingerprint density at radius 1 is 1.12 bits per heavy atom. The quantitative estimate of drug-likeness (QED) is 0.755. The van der Waals surface area contributed by atoms with Crippen molar-refractivity contribution in [3.05, 3.63) is 64.2 Å². The molecule has 0 saturated heterocycles. The van der Waals surface area contributed by atoms with Crippen molar-refractivity contribution in [2.75, 3.05) is 19.0 Å². The van der Waals surface area contributed by atoms with E-state index in [-0.39, 0.29) is 5.41 Å². The maximum absolute atomic E-state index is 12.3. The number of esters is 1. The summed E-state index contributed by atoms with van der Waals surface area (Å²) in [5, 5.41) is 5.86. The standard InChI is InChI=1S/C20H23ClN2O3/c1-13-5-8-15(9-6-13)20(2,3)12-22-19(25)23-17-11-14(18(24)26-4)7-10-16(17)21/h5-11H,12H2,1-4H3,(H2,22,23,25). The summed E-state index contributed by atoms with van der Waals surface area (Å²) < 4.78 is 4.68. The molecule has 5 nitrogen and oxygen atoms in total. The number of urea groups is 1. The summed E-state index contributed by atoms with van der Waals surface area (Å²) >= 11 is 6.09. The number of halogens is 1. The van der Waals surface area contributed by atoms with Crippen LogP contribution in [0.25, 0.3) is 0 Å². The third-order valence-corrected chi connectivity index (χ3v) is 4.49. The predicted molar refractivity (Wildman–Crippen MR) is 104 cm³/mol. The molecule has 0 bridgehead atoms. The van der Waals surface area contributed by atoms with Gasteiger partial charge in [-0.1, -0.05) is 55.3 Å². The number of nitrogens with one attached hydrogen (secondary N) is 2. The van der Waals surface area contributed by atoms with Crippen molar-refractivity contribution in [2.24, 2.45) is 0 Å². The molecule has 26 heavy (non-hydrogen) atoms. The Labute approximate surface area is 158 Å². The minimum atomic E-state index is -0.495. The van der Waals surface area contributed by atoms with Crippen LogP contribution in [0.1, 0.15) is 35.3 Å². The van der Waals surface area contributed by atoms with Crippen molar-refractivity contribution < 1.29 is 14.3 Å². The van der Waals surface area contributed by atoms with E-state index in [9.17, 15) is 9.59 Å². The SMILES string of the molecule is COC(=O)c1ccc(Cl)c(NC(=O)NCC(C)(C)c2ccc(C)cc2)c1. The zero-order valence-corrected chi connectivity index (χ0v) is 16.1. The van der Waals surface area contributed by atoms with Crippen molar-refractivity contribution in [3.8, 4) is 0 Å². The second-order valence-corrected chi connectivity index (χ2v) is 7.15. The minimum Gasteiger partial charge on any atom is -0.465 e. The maximum Gasteiger partial charge on any atom is 0.337 e. The summed E-state index contributed by atoms with van der Waals surface area (Å²) in [5.74, 6) is -0.495. The number of ether oxygens (including phenoxy) is 1. The van der Waals surface area contributed by atoms with Gasteiger partial charge in [-0.3, -0.25) is 0 Å². The fourth-order valence-electron chi connectivity index (χ4n) is 2.44. The van der Waals surface area contributed by atoms with E-state index < -0.39 is 12.0 Å². The maximum atomic E-state index is 12.3. The van der Waals surface area contributed by atoms with E-state index in [4.69, 9.17) is 11.6 Å². The van der Waals surface area contributed by atoms with Crippen LogP contribution in [0, 0.1) is 6.92 Å². The van der Waals surface area contributed by atoms with Crippen molar-refractivity contribution >= 4 is 29.3 Å². The monoisotopic (exact) mass is 374 g/mol. The van der Waals surface area contributed by atoms with E-state index in [0.717, 1.165) is 5.56 Å². The number of hydrogen-bond donors (Lipinski definition) is 2. The average Bonchev–Trinajstić information content (AvgIpc) is 2.61. The summed E-state index contributed by atoms with van der Waals surface area (Å²) in [7, 11) is 1.30. The Balaban J connectivity index is 2.02. The Kier molecular flexibility index (Phi) is 6.27. The van der Waals surface area contributed by atoms with Gasteiger partial charge in [0, 0.05) is 12.0 Å². The van der Waals surface area contributed by atoms with Gasteiger partial charge in [0.15, 0.2) is 0 Å². The third-order valence-electron chi connectivity index (χ3n) is 4.16. The zero-order chi connectivity index (χ0) is 19.3. The van der Waals surface area contributed by atoms with Gasteiger partial charge in [-0.2, -0.15) is 0 Å². The molecule has 0 unspecified atom stereocenters. The number of carbonyl (C=O) groups excluding carboxylic acids is 2. The Bertz CT molecular complexity index is 801. The number of rotatable bonds is 5. The lowest BCUT2D eigenvalue weighted by Crippen LogP contribution is -2.39. The molecule has 2 rings (SSSR count). The van der Waals surface area contributed by atoms with Gasteiger partial charge in [-0.15, -0.1) is 0 Å². The van der Waals surface area contributed by atoms with Gasteiger partial charge >= 0.3 is 12.0 Å². The first-order valence-corrected chi connectivity index (χ1v) is 8.60. The summed E-state index contributed by atoms with van der Waals surface area (Å²) in [6, 6.07) is 12.4. The minimum absolute atomic E-state index is 0.233. The molecule has 2 aromatic rings. The lowest BCUT2D eigenvalue weighted by Gasteiger charge is -2.26. The fraction of sp³-hybridized carbons (Fsp3) is 0.300. The summed E-state index contributed by atoms with van der Waals surface area (Å²) in [4.78, 5) is 23.9. The number of methoxy groups -OCH3 is 1. The van der Waals surface area contributed by atoms with Crippen molar-refractivity contribution in [2.45, 2.75) is 26.2 Å². The van der Waals surface area contributed by atoms with Crippen molar-refractivity contribution in [1.82, 2.24) is 5.32 Å². The number of aryl methyl sites for hydroxylation is 1. The van der Waals surface area contributed by atoms with Crippen molar-refractivity contribution in [1.29, 1.82) is 0 Å². The highest BCUT2D eigenvalue weighted by molar-refractivity contribution is 6.33. The first-order valence-electron chi connectivity index (χ1n) is 8.23. The molecule has 6 heteroatoms. The smallest absolute Gasteiger partial charge is 0.337 e. The molecular weight excluding hydrogens is 352 g/mol. The van der Waals surface area contributed by atoms with E-state index in [2.05, 4.69) is 53.5 Å². The third kappa shape index (κ3) is 4.99. The van der Waals surface area contributed by atoms with Crippen LogP contribution in [0.3, 0.4) is 0 Å². The van der Waals surface area contributed by atoms with Crippen LogP contribution in [-0.4, -0.2) is 25.7 Å². The average molecular weight is 375 g/mol. The number of carbonyl (C=O) groups is 2. The highest BCUT2D eigenvalue weighted by Gasteiger charge is 2.21. The normalized spacial score (nSPS) is 11.0. The van der Waals surface area contributed by atoms with E-state index in [1.165, 1.54) is 24.8 Å². The molecule has 0 aliphatic rings. The Morgan fingerprint density at radius 3 is 2.38 bits per heavy atom. The summed E-state index contributed by atoms with van der Waals surface area (Å²) in [6.45, 7) is 6.59. The molecule has 2 N–H and O–H groups in total. The Hall–Kier alpha value is -2.53. The number of benzene rings is 2. The molecule has 0 spiro atoms. The summed E-state index contributed by atoms with van der Waals surface area (Å²) in [6.07, 6.45) is 0. The molecule has 138 valence electrons. The van der Waals surface area contributed by atoms with Gasteiger partial charge in [0.1, 0.15) is 0 Å². The van der Waals surface area contributed by atoms with Crippen LogP contribution in [0.4, 0.5) is 10.5 Å². The largest absolute Gasteiger partial charge is 0.465 e. The van der Waals surface area contributed by atoms with E-state index in [1.807, 2.05) is 6.92 Å². The van der Waals surface area contributed by atoms with Gasteiger partial charge in [0.25, 0.3) is 0 Å². The fourth-order valence-corrected chi connectivity index (χ4v) is 2.61. The van der Waals surface area contributed by atoms with Gasteiger partial charge in [0.2, 0.25) is 0 Å². The molecule has 0 atom stereocenters. The number of anilines is 1. The second kappa shape index (κ2) is 8.23. The van der Waals surface area contributed by atoms with Crippen molar-refractivity contribution in [3.63, 3.8) is 0 Å². The van der Waals surface area contributed by atoms with E-state index in [1.54, 1.807) is 6.07 Å². The predicted octanol–water partition coefficient (Wildman–Crippen LogP) is 4.53. The molecule has 0 fully saturated rings. The second-order valence-electron chi connectivity index (χ2n) is 6.74. The Morgan fingerprint density at radius 2 is 1.77 bits per heavy atom. The van der Waals surface area contributed by atoms with Crippen LogP contribution in [0.2, 0.25) is 5.02 Å². The molecule has 0 aliphatic carbocycles. The van der Waals surface area contributed by atoms with Crippen LogP contribution in [-0.2, 0) is 10.2 Å². The van der Waals surface area contributed by atoms with Gasteiger partial charge in [-0.05, 0) is 30.7 Å². The van der Waals surface area contributed by atoms with E-state index >= 15 is 0 Å². The highest BCUT2D eigenvalue weighted by atomic mass is 35.5. The number of hydrogen-bond acceptors (Lipinski definition) is 3. The van der Waals surface area contributed by atoms with Crippen LogP contribution >= 0.6 is 11.6 Å².